The highest BCUT2D eigenvalue weighted by molar-refractivity contribution is 7.89. The largest absolute Gasteiger partial charge is 0.491 e. The van der Waals surface area contributed by atoms with Gasteiger partial charge >= 0.3 is 0 Å². The number of nitrogens with zero attached hydrogens (tertiary/aromatic N) is 2. The van der Waals surface area contributed by atoms with Crippen molar-refractivity contribution in [3.05, 3.63) is 81.0 Å². The van der Waals surface area contributed by atoms with E-state index in [0.717, 1.165) is 23.3 Å². The Morgan fingerprint density at radius 2 is 1.86 bits per heavy atom. The van der Waals surface area contributed by atoms with Gasteiger partial charge in [-0.3, -0.25) is 4.79 Å². The number of ether oxygens (including phenoxy) is 2. The van der Waals surface area contributed by atoms with E-state index in [1.165, 1.54) is 40.6 Å². The van der Waals surface area contributed by atoms with E-state index in [1.54, 1.807) is 16.2 Å². The number of rotatable bonds is 10. The molecule has 1 atom stereocenters. The number of halogens is 1. The molecule has 0 saturated carbocycles. The van der Waals surface area contributed by atoms with E-state index in [9.17, 15) is 13.2 Å². The summed E-state index contributed by atoms with van der Waals surface area (Å²) in [5.74, 6) is 0.445. The molecule has 1 aliphatic heterocycles. The third-order valence-corrected chi connectivity index (χ3v) is 9.26. The van der Waals surface area contributed by atoms with E-state index < -0.39 is 10.0 Å². The van der Waals surface area contributed by atoms with Crippen LogP contribution in [0.15, 0.2) is 64.9 Å². The number of benzene rings is 2. The first-order valence-electron chi connectivity index (χ1n) is 11.6. The molecular formula is C26H29ClN2O5S2. The van der Waals surface area contributed by atoms with Gasteiger partial charge in [-0.1, -0.05) is 29.3 Å². The van der Waals surface area contributed by atoms with Crippen molar-refractivity contribution in [2.45, 2.75) is 24.3 Å². The van der Waals surface area contributed by atoms with Crippen LogP contribution in [-0.4, -0.2) is 63.5 Å². The molecular weight excluding hydrogens is 520 g/mol. The van der Waals surface area contributed by atoms with Crippen LogP contribution >= 0.6 is 22.9 Å². The molecule has 36 heavy (non-hydrogen) atoms. The van der Waals surface area contributed by atoms with Crippen molar-refractivity contribution in [2.75, 3.05) is 40.0 Å². The lowest BCUT2D eigenvalue weighted by Crippen LogP contribution is -2.48. The van der Waals surface area contributed by atoms with Crippen LogP contribution in [0.5, 0.6) is 5.75 Å². The molecule has 0 aliphatic carbocycles. The maximum absolute atomic E-state index is 13.6. The fourth-order valence-electron chi connectivity index (χ4n) is 4.16. The zero-order chi connectivity index (χ0) is 25.7. The number of fused-ring (bicyclic) bond motifs is 1. The monoisotopic (exact) mass is 548 g/mol. The normalized spacial score (nSPS) is 15.7. The van der Waals surface area contributed by atoms with Gasteiger partial charge in [0.15, 0.2) is 0 Å². The first-order valence-corrected chi connectivity index (χ1v) is 14.3. The second-order valence-corrected chi connectivity index (χ2v) is 11.9. The SMILES string of the molecule is COCCN(CC(=O)N1CCc2sccc2[C@@H]1COc1ccc(C)cc1)S(=O)(=O)c1ccc(Cl)cc1. The molecule has 1 aliphatic rings. The predicted molar refractivity (Wildman–Crippen MR) is 141 cm³/mol. The quantitative estimate of drug-likeness (QED) is 0.371. The molecule has 0 unspecified atom stereocenters. The summed E-state index contributed by atoms with van der Waals surface area (Å²) in [6.07, 6.45) is 0.724. The Balaban J connectivity index is 1.55. The molecule has 192 valence electrons. The summed E-state index contributed by atoms with van der Waals surface area (Å²) in [6.45, 7) is 2.70. The second kappa shape index (κ2) is 11.7. The molecule has 4 rings (SSSR count). The van der Waals surface area contributed by atoms with Crippen LogP contribution < -0.4 is 4.74 Å². The number of carbonyl (C=O) groups excluding carboxylic acids is 1. The zero-order valence-corrected chi connectivity index (χ0v) is 22.6. The Labute approximate surface area is 221 Å². The van der Waals surface area contributed by atoms with Crippen LogP contribution in [0, 0.1) is 6.92 Å². The number of hydrogen-bond acceptors (Lipinski definition) is 6. The number of methoxy groups -OCH3 is 1. The molecule has 2 heterocycles. The lowest BCUT2D eigenvalue weighted by atomic mass is 10.0. The van der Waals surface area contributed by atoms with Gasteiger partial charge in [0.25, 0.3) is 0 Å². The Morgan fingerprint density at radius 3 is 2.56 bits per heavy atom. The van der Waals surface area contributed by atoms with Gasteiger partial charge in [-0.15, -0.1) is 11.3 Å². The van der Waals surface area contributed by atoms with E-state index in [4.69, 9.17) is 21.1 Å². The van der Waals surface area contributed by atoms with Crippen LogP contribution in [0.1, 0.15) is 22.0 Å². The number of carbonyl (C=O) groups is 1. The minimum absolute atomic E-state index is 0.0509. The van der Waals surface area contributed by atoms with Crippen molar-refractivity contribution >= 4 is 38.9 Å². The van der Waals surface area contributed by atoms with Gasteiger partial charge in [-0.05, 0) is 66.8 Å². The smallest absolute Gasteiger partial charge is 0.243 e. The first-order chi connectivity index (χ1) is 17.3. The number of hydrogen-bond donors (Lipinski definition) is 0. The van der Waals surface area contributed by atoms with Crippen molar-refractivity contribution in [2.24, 2.45) is 0 Å². The van der Waals surface area contributed by atoms with Crippen molar-refractivity contribution in [1.29, 1.82) is 0 Å². The Kier molecular flexibility index (Phi) is 8.69. The average molecular weight is 549 g/mol. The number of amides is 1. The molecule has 0 N–H and O–H groups in total. The van der Waals surface area contributed by atoms with Gasteiger partial charge in [0.2, 0.25) is 15.9 Å². The first kappa shape index (κ1) is 26.6. The Morgan fingerprint density at radius 1 is 1.14 bits per heavy atom. The third kappa shape index (κ3) is 6.10. The van der Waals surface area contributed by atoms with E-state index in [-0.39, 0.29) is 43.1 Å². The highest BCUT2D eigenvalue weighted by Crippen LogP contribution is 2.34. The lowest BCUT2D eigenvalue weighted by Gasteiger charge is -2.37. The van der Waals surface area contributed by atoms with Crippen LogP contribution in [0.25, 0.3) is 0 Å². The predicted octanol–water partition coefficient (Wildman–Crippen LogP) is 4.55. The molecule has 3 aromatic rings. The summed E-state index contributed by atoms with van der Waals surface area (Å²) in [7, 11) is -2.44. The highest BCUT2D eigenvalue weighted by atomic mass is 35.5. The zero-order valence-electron chi connectivity index (χ0n) is 20.2. The summed E-state index contributed by atoms with van der Waals surface area (Å²) in [5, 5.41) is 2.46. The molecule has 7 nitrogen and oxygen atoms in total. The minimum Gasteiger partial charge on any atom is -0.491 e. The standard InChI is InChI=1S/C26H29ClN2O5S2/c1-19-3-7-21(8-4-19)34-18-24-23-12-16-35-25(23)11-13-29(24)26(30)17-28(14-15-33-2)36(31,32)22-9-5-20(27)6-10-22/h3-10,12,16,24H,11,13-15,17-18H2,1-2H3/t24-/m0/s1. The van der Waals surface area contributed by atoms with Crippen molar-refractivity contribution < 1.29 is 22.7 Å². The van der Waals surface area contributed by atoms with Crippen LogP contribution in [0.3, 0.4) is 0 Å². The van der Waals surface area contributed by atoms with Crippen LogP contribution in [-0.2, 0) is 26.0 Å². The topological polar surface area (TPSA) is 76.2 Å². The van der Waals surface area contributed by atoms with Crippen molar-refractivity contribution in [3.63, 3.8) is 0 Å². The summed E-state index contributed by atoms with van der Waals surface area (Å²) < 4.78 is 39.1. The van der Waals surface area contributed by atoms with E-state index in [1.807, 2.05) is 42.6 Å². The van der Waals surface area contributed by atoms with Crippen LogP contribution in [0.2, 0.25) is 5.02 Å². The van der Waals surface area contributed by atoms with Gasteiger partial charge in [0.05, 0.1) is 24.1 Å². The summed E-state index contributed by atoms with van der Waals surface area (Å²) >= 11 is 7.61. The Hall–Kier alpha value is -2.43. The molecule has 10 heteroatoms. The van der Waals surface area contributed by atoms with Crippen molar-refractivity contribution in [3.8, 4) is 5.75 Å². The number of aryl methyl sites for hydroxylation is 1. The van der Waals surface area contributed by atoms with E-state index in [0.29, 0.717) is 11.6 Å². The fraction of sp³-hybridized carbons (Fsp3) is 0.346. The number of thiophene rings is 1. The van der Waals surface area contributed by atoms with Crippen molar-refractivity contribution in [1.82, 2.24) is 9.21 Å². The van der Waals surface area contributed by atoms with Gasteiger partial charge in [0.1, 0.15) is 12.4 Å². The maximum atomic E-state index is 13.6. The molecule has 0 radical (unpaired) electrons. The fourth-order valence-corrected chi connectivity index (χ4v) is 6.59. The van der Waals surface area contributed by atoms with Gasteiger partial charge in [0, 0.05) is 30.1 Å². The number of sulfonamides is 1. The third-order valence-electron chi connectivity index (χ3n) is 6.15. The highest BCUT2D eigenvalue weighted by Gasteiger charge is 2.35. The molecule has 0 spiro atoms. The Bertz CT molecular complexity index is 1280. The molecule has 0 bridgehead atoms. The molecule has 2 aromatic carbocycles. The minimum atomic E-state index is -3.93. The van der Waals surface area contributed by atoms with E-state index in [2.05, 4.69) is 0 Å². The summed E-state index contributed by atoms with van der Waals surface area (Å²) in [5.41, 5.74) is 2.19. The molecule has 0 saturated heterocycles. The summed E-state index contributed by atoms with van der Waals surface area (Å²) in [6, 6.07) is 15.4. The lowest BCUT2D eigenvalue weighted by molar-refractivity contribution is -0.135. The van der Waals surface area contributed by atoms with Crippen LogP contribution in [0.4, 0.5) is 0 Å². The van der Waals surface area contributed by atoms with Gasteiger partial charge in [-0.2, -0.15) is 4.31 Å². The van der Waals surface area contributed by atoms with E-state index >= 15 is 0 Å². The van der Waals surface area contributed by atoms with Gasteiger partial charge in [-0.25, -0.2) is 8.42 Å². The van der Waals surface area contributed by atoms with Gasteiger partial charge < -0.3 is 14.4 Å². The maximum Gasteiger partial charge on any atom is 0.243 e. The second-order valence-electron chi connectivity index (χ2n) is 8.56. The molecule has 0 fully saturated rings. The average Bonchev–Trinajstić information content (AvgIpc) is 3.35. The molecule has 1 aromatic heterocycles. The summed E-state index contributed by atoms with van der Waals surface area (Å²) in [4.78, 5) is 16.6. The molecule has 1 amide bonds.